The molecule has 5 nitrogen and oxygen atoms in total. The van der Waals surface area contributed by atoms with Crippen molar-refractivity contribution in [2.24, 2.45) is 10.9 Å². The zero-order valence-corrected chi connectivity index (χ0v) is 17.4. The molecule has 2 N–H and O–H groups in total. The van der Waals surface area contributed by atoms with E-state index >= 15 is 0 Å². The number of aliphatic imine (C=N–C) groups is 1. The number of guanidine groups is 1. The van der Waals surface area contributed by atoms with E-state index in [0.717, 1.165) is 51.7 Å². The maximum atomic E-state index is 5.84. The van der Waals surface area contributed by atoms with Crippen molar-refractivity contribution in [1.29, 1.82) is 0 Å². The van der Waals surface area contributed by atoms with Gasteiger partial charge in [-0.05, 0) is 31.6 Å². The Morgan fingerprint density at radius 3 is 2.43 bits per heavy atom. The maximum absolute atomic E-state index is 5.84. The molecule has 1 aliphatic carbocycles. The van der Waals surface area contributed by atoms with Crippen molar-refractivity contribution in [3.63, 3.8) is 0 Å². The van der Waals surface area contributed by atoms with Crippen molar-refractivity contribution < 1.29 is 9.47 Å². The minimum atomic E-state index is 0. The highest BCUT2D eigenvalue weighted by atomic mass is 127. The molecule has 0 aliphatic heterocycles. The minimum absolute atomic E-state index is 0. The molecule has 138 valence electrons. The number of ether oxygens (including phenoxy) is 2. The lowest BCUT2D eigenvalue weighted by Gasteiger charge is -2.14. The molecule has 0 amide bonds. The van der Waals surface area contributed by atoms with E-state index in [-0.39, 0.29) is 24.0 Å². The van der Waals surface area contributed by atoms with Crippen LogP contribution in [0.3, 0.4) is 0 Å². The van der Waals surface area contributed by atoms with Gasteiger partial charge >= 0.3 is 0 Å². The standard InChI is InChI=1S/C17H35N3O2.HI/c1-15(2)9-13-21-14-11-20-17(18-3)19-10-6-12-22-16-7-4-5-8-16;/h15-16H,4-14H2,1-3H3,(H2,18,19,20);1H. The van der Waals surface area contributed by atoms with Gasteiger partial charge in [-0.1, -0.05) is 26.7 Å². The first-order valence-corrected chi connectivity index (χ1v) is 8.86. The molecule has 0 heterocycles. The predicted molar refractivity (Wildman–Crippen MR) is 108 cm³/mol. The Kier molecular flexibility index (Phi) is 15.4. The van der Waals surface area contributed by atoms with Crippen molar-refractivity contribution in [2.45, 2.75) is 58.5 Å². The van der Waals surface area contributed by atoms with Gasteiger partial charge in [0.1, 0.15) is 0 Å². The van der Waals surface area contributed by atoms with E-state index < -0.39 is 0 Å². The molecular formula is C17H36IN3O2. The molecule has 0 unspecified atom stereocenters. The number of halogens is 1. The molecule has 0 spiro atoms. The predicted octanol–water partition coefficient (Wildman–Crippen LogP) is 3.18. The van der Waals surface area contributed by atoms with Crippen molar-refractivity contribution in [2.75, 3.05) is 40.0 Å². The van der Waals surface area contributed by atoms with Gasteiger partial charge in [-0.3, -0.25) is 4.99 Å². The Balaban J connectivity index is 0.00000484. The first-order chi connectivity index (χ1) is 10.7. The second-order valence-corrected chi connectivity index (χ2v) is 6.35. The van der Waals surface area contributed by atoms with Crippen LogP contribution < -0.4 is 10.6 Å². The summed E-state index contributed by atoms with van der Waals surface area (Å²) >= 11 is 0. The number of rotatable bonds is 11. The van der Waals surface area contributed by atoms with E-state index in [1.165, 1.54) is 25.7 Å². The summed E-state index contributed by atoms with van der Waals surface area (Å²) in [5, 5.41) is 6.57. The molecule has 0 aromatic carbocycles. The van der Waals surface area contributed by atoms with Gasteiger partial charge in [0, 0.05) is 33.4 Å². The summed E-state index contributed by atoms with van der Waals surface area (Å²) in [7, 11) is 1.80. The third-order valence-electron chi connectivity index (χ3n) is 3.87. The lowest BCUT2D eigenvalue weighted by molar-refractivity contribution is 0.0574. The van der Waals surface area contributed by atoms with Crippen LogP contribution in [0.15, 0.2) is 4.99 Å². The third kappa shape index (κ3) is 12.9. The van der Waals surface area contributed by atoms with E-state index in [4.69, 9.17) is 9.47 Å². The highest BCUT2D eigenvalue weighted by Gasteiger charge is 2.14. The second kappa shape index (κ2) is 15.4. The number of hydrogen-bond donors (Lipinski definition) is 2. The molecule has 0 radical (unpaired) electrons. The molecular weight excluding hydrogens is 405 g/mol. The zero-order chi connectivity index (χ0) is 16.0. The largest absolute Gasteiger partial charge is 0.380 e. The average Bonchev–Trinajstić information content (AvgIpc) is 3.01. The molecule has 6 heteroatoms. The fraction of sp³-hybridized carbons (Fsp3) is 0.941. The second-order valence-electron chi connectivity index (χ2n) is 6.35. The monoisotopic (exact) mass is 441 g/mol. The summed E-state index contributed by atoms with van der Waals surface area (Å²) < 4.78 is 11.4. The van der Waals surface area contributed by atoms with Crippen LogP contribution >= 0.6 is 24.0 Å². The Labute approximate surface area is 159 Å². The smallest absolute Gasteiger partial charge is 0.191 e. The van der Waals surface area contributed by atoms with E-state index in [1.54, 1.807) is 7.05 Å². The van der Waals surface area contributed by atoms with Gasteiger partial charge in [-0.25, -0.2) is 0 Å². The first-order valence-electron chi connectivity index (χ1n) is 8.86. The van der Waals surface area contributed by atoms with Gasteiger partial charge in [-0.15, -0.1) is 24.0 Å². The van der Waals surface area contributed by atoms with Crippen molar-refractivity contribution in [3.8, 4) is 0 Å². The fourth-order valence-corrected chi connectivity index (χ4v) is 2.47. The van der Waals surface area contributed by atoms with Crippen LogP contribution in [-0.4, -0.2) is 52.0 Å². The van der Waals surface area contributed by atoms with Gasteiger partial charge in [0.05, 0.1) is 12.7 Å². The summed E-state index contributed by atoms with van der Waals surface area (Å²) in [6.45, 7) is 8.50. The van der Waals surface area contributed by atoms with E-state index in [9.17, 15) is 0 Å². The lowest BCUT2D eigenvalue weighted by Crippen LogP contribution is -2.39. The van der Waals surface area contributed by atoms with Gasteiger partial charge in [0.2, 0.25) is 0 Å². The molecule has 1 saturated carbocycles. The van der Waals surface area contributed by atoms with Crippen LogP contribution in [0, 0.1) is 5.92 Å². The molecule has 0 aromatic heterocycles. The quantitative estimate of drug-likeness (QED) is 0.224. The summed E-state index contributed by atoms with van der Waals surface area (Å²) in [6, 6.07) is 0. The highest BCUT2D eigenvalue weighted by Crippen LogP contribution is 2.20. The lowest BCUT2D eigenvalue weighted by atomic mass is 10.1. The van der Waals surface area contributed by atoms with Crippen molar-refractivity contribution in [1.82, 2.24) is 10.6 Å². The van der Waals surface area contributed by atoms with Crippen molar-refractivity contribution >= 4 is 29.9 Å². The van der Waals surface area contributed by atoms with Crippen LogP contribution in [0.2, 0.25) is 0 Å². The van der Waals surface area contributed by atoms with Crippen molar-refractivity contribution in [3.05, 3.63) is 0 Å². The maximum Gasteiger partial charge on any atom is 0.191 e. The van der Waals surface area contributed by atoms with Gasteiger partial charge in [0.25, 0.3) is 0 Å². The zero-order valence-electron chi connectivity index (χ0n) is 15.1. The van der Waals surface area contributed by atoms with Gasteiger partial charge in [0.15, 0.2) is 5.96 Å². The molecule has 0 aromatic rings. The third-order valence-corrected chi connectivity index (χ3v) is 3.87. The van der Waals surface area contributed by atoms with Crippen LogP contribution in [-0.2, 0) is 9.47 Å². The minimum Gasteiger partial charge on any atom is -0.380 e. The topological polar surface area (TPSA) is 54.9 Å². The van der Waals surface area contributed by atoms with E-state index in [2.05, 4.69) is 29.5 Å². The molecule has 0 saturated heterocycles. The molecule has 0 atom stereocenters. The Bertz CT molecular complexity index is 296. The molecule has 1 aliphatic rings. The van der Waals surface area contributed by atoms with Crippen LogP contribution in [0.1, 0.15) is 52.4 Å². The SMILES string of the molecule is CN=C(NCCCOC1CCCC1)NCCOCCC(C)C.I. The number of nitrogens with zero attached hydrogens (tertiary/aromatic N) is 1. The molecule has 1 fully saturated rings. The van der Waals surface area contributed by atoms with E-state index in [0.29, 0.717) is 12.0 Å². The Morgan fingerprint density at radius 2 is 1.78 bits per heavy atom. The summed E-state index contributed by atoms with van der Waals surface area (Å²) in [5.41, 5.74) is 0. The number of hydrogen-bond acceptors (Lipinski definition) is 3. The summed E-state index contributed by atoms with van der Waals surface area (Å²) in [4.78, 5) is 4.21. The van der Waals surface area contributed by atoms with E-state index in [1.807, 2.05) is 0 Å². The first kappa shape index (κ1) is 22.9. The van der Waals surface area contributed by atoms with Crippen LogP contribution in [0.5, 0.6) is 0 Å². The van der Waals surface area contributed by atoms with Gasteiger partial charge in [-0.2, -0.15) is 0 Å². The van der Waals surface area contributed by atoms with Gasteiger partial charge < -0.3 is 20.1 Å². The highest BCUT2D eigenvalue weighted by molar-refractivity contribution is 14.0. The summed E-state index contributed by atoms with van der Waals surface area (Å²) in [5.74, 6) is 1.54. The molecule has 1 rings (SSSR count). The summed E-state index contributed by atoms with van der Waals surface area (Å²) in [6.07, 6.45) is 7.80. The molecule has 23 heavy (non-hydrogen) atoms. The average molecular weight is 441 g/mol. The number of nitrogens with one attached hydrogen (secondary N) is 2. The normalized spacial score (nSPS) is 15.7. The van der Waals surface area contributed by atoms with Crippen LogP contribution in [0.25, 0.3) is 0 Å². The fourth-order valence-electron chi connectivity index (χ4n) is 2.47. The van der Waals surface area contributed by atoms with Crippen LogP contribution in [0.4, 0.5) is 0 Å². The Hall–Kier alpha value is -0.0800. The molecule has 0 bridgehead atoms. The Morgan fingerprint density at radius 1 is 1.09 bits per heavy atom.